The number of sulfone groups is 1. The van der Waals surface area contributed by atoms with Gasteiger partial charge in [0, 0.05) is 25.0 Å². The maximum Gasteiger partial charge on any atom is 0.257 e. The lowest BCUT2D eigenvalue weighted by Crippen LogP contribution is -2.34. The predicted molar refractivity (Wildman–Crippen MR) is 126 cm³/mol. The van der Waals surface area contributed by atoms with Gasteiger partial charge in [-0.25, -0.2) is 8.42 Å². The van der Waals surface area contributed by atoms with E-state index in [0.29, 0.717) is 41.7 Å². The van der Waals surface area contributed by atoms with Crippen molar-refractivity contribution in [3.8, 4) is 11.5 Å². The summed E-state index contributed by atoms with van der Waals surface area (Å²) in [6.07, 6.45) is 1.19. The summed E-state index contributed by atoms with van der Waals surface area (Å²) < 4.78 is 35.7. The first kappa shape index (κ1) is 23.9. The summed E-state index contributed by atoms with van der Waals surface area (Å²) in [7, 11) is -1.82. The first-order chi connectivity index (χ1) is 15.1. The van der Waals surface area contributed by atoms with E-state index in [-0.39, 0.29) is 11.7 Å². The Labute approximate surface area is 190 Å². The van der Waals surface area contributed by atoms with E-state index in [1.807, 2.05) is 25.1 Å². The van der Waals surface area contributed by atoms with Crippen LogP contribution < -0.4 is 14.8 Å². The van der Waals surface area contributed by atoms with Gasteiger partial charge < -0.3 is 19.7 Å². The number of nitrogens with zero attached hydrogens (tertiary/aromatic N) is 1. The van der Waals surface area contributed by atoms with Crippen molar-refractivity contribution in [2.45, 2.75) is 33.4 Å². The number of fused-ring (bicyclic) bond motifs is 1. The average Bonchev–Trinajstić information content (AvgIpc) is 3.07. The third-order valence-electron chi connectivity index (χ3n) is 5.38. The number of methoxy groups -OCH3 is 1. The highest BCUT2D eigenvalue weighted by molar-refractivity contribution is 7.90. The van der Waals surface area contributed by atoms with Crippen LogP contribution in [0.5, 0.6) is 11.5 Å². The van der Waals surface area contributed by atoms with E-state index in [0.717, 1.165) is 17.8 Å². The summed E-state index contributed by atoms with van der Waals surface area (Å²) in [6.45, 7) is 7.61. The van der Waals surface area contributed by atoms with E-state index < -0.39 is 15.9 Å². The standard InChI is InChI=1S/C24H32N2O5S/c1-6-31-22-12-17(10-11-21(22)30-4)20(15-32(5,28)29)26-14-18-8-7-9-19(23(18)24(26)27)25-13-16(2)3/h7-12,16,20,25H,6,13-15H2,1-5H3/t20-/m1/s1. The fraction of sp³-hybridized carbons (Fsp3) is 0.458. The molecule has 0 saturated carbocycles. The van der Waals surface area contributed by atoms with Gasteiger partial charge in [-0.1, -0.05) is 32.0 Å². The van der Waals surface area contributed by atoms with E-state index in [9.17, 15) is 13.2 Å². The third-order valence-corrected chi connectivity index (χ3v) is 6.30. The molecule has 7 nitrogen and oxygen atoms in total. The molecule has 1 heterocycles. The number of hydrogen-bond donors (Lipinski definition) is 1. The first-order valence-corrected chi connectivity index (χ1v) is 12.9. The maximum absolute atomic E-state index is 13.5. The molecular weight excluding hydrogens is 428 g/mol. The van der Waals surface area contributed by atoms with Crippen LogP contribution in [0, 0.1) is 5.92 Å². The Morgan fingerprint density at radius 1 is 1.16 bits per heavy atom. The number of ether oxygens (including phenoxy) is 2. The molecule has 1 atom stereocenters. The SMILES string of the molecule is CCOc1cc([C@@H](CS(C)(=O)=O)N2Cc3cccc(NCC(C)C)c3C2=O)ccc1OC. The van der Waals surface area contributed by atoms with Gasteiger partial charge in [-0.15, -0.1) is 0 Å². The Balaban J connectivity index is 2.01. The van der Waals surface area contributed by atoms with Crippen molar-refractivity contribution < 1.29 is 22.7 Å². The van der Waals surface area contributed by atoms with Gasteiger partial charge in [-0.2, -0.15) is 0 Å². The number of rotatable bonds is 10. The molecule has 0 radical (unpaired) electrons. The number of hydrogen-bond acceptors (Lipinski definition) is 6. The van der Waals surface area contributed by atoms with Gasteiger partial charge in [0.15, 0.2) is 11.5 Å². The number of carbonyl (C=O) groups excluding carboxylic acids is 1. The van der Waals surface area contributed by atoms with Crippen LogP contribution in [0.15, 0.2) is 36.4 Å². The van der Waals surface area contributed by atoms with Crippen molar-refractivity contribution in [1.82, 2.24) is 4.90 Å². The number of benzene rings is 2. The van der Waals surface area contributed by atoms with E-state index in [4.69, 9.17) is 9.47 Å². The third kappa shape index (κ3) is 5.35. The lowest BCUT2D eigenvalue weighted by Gasteiger charge is -2.28. The van der Waals surface area contributed by atoms with Crippen molar-refractivity contribution in [2.24, 2.45) is 5.92 Å². The molecule has 2 aromatic carbocycles. The molecule has 1 aliphatic heterocycles. The Bertz CT molecular complexity index is 1080. The highest BCUT2D eigenvalue weighted by atomic mass is 32.2. The molecule has 1 aliphatic rings. The zero-order valence-corrected chi connectivity index (χ0v) is 20.2. The highest BCUT2D eigenvalue weighted by Gasteiger charge is 2.37. The zero-order valence-electron chi connectivity index (χ0n) is 19.3. The summed E-state index contributed by atoms with van der Waals surface area (Å²) in [5.74, 6) is 1.15. The molecule has 0 aromatic heterocycles. The maximum atomic E-state index is 13.5. The molecule has 174 valence electrons. The van der Waals surface area contributed by atoms with Gasteiger partial charge in [0.1, 0.15) is 9.84 Å². The van der Waals surface area contributed by atoms with Crippen LogP contribution in [0.1, 0.15) is 48.3 Å². The minimum absolute atomic E-state index is 0.172. The molecule has 3 rings (SSSR count). The fourth-order valence-corrected chi connectivity index (χ4v) is 4.86. The second-order valence-electron chi connectivity index (χ2n) is 8.50. The lowest BCUT2D eigenvalue weighted by molar-refractivity contribution is 0.0719. The predicted octanol–water partition coefficient (Wildman–Crippen LogP) is 3.90. The van der Waals surface area contributed by atoms with E-state index >= 15 is 0 Å². The van der Waals surface area contributed by atoms with E-state index in [1.165, 1.54) is 6.26 Å². The molecule has 2 aromatic rings. The fourth-order valence-electron chi connectivity index (χ4n) is 3.92. The molecular formula is C24H32N2O5S. The van der Waals surface area contributed by atoms with Crippen LogP contribution in [-0.4, -0.2) is 51.5 Å². The zero-order chi connectivity index (χ0) is 23.5. The van der Waals surface area contributed by atoms with Gasteiger partial charge in [0.05, 0.1) is 31.1 Å². The molecule has 0 saturated heterocycles. The second kappa shape index (κ2) is 9.81. The average molecular weight is 461 g/mol. The van der Waals surface area contributed by atoms with Gasteiger partial charge in [-0.3, -0.25) is 4.79 Å². The molecule has 0 unspecified atom stereocenters. The van der Waals surface area contributed by atoms with Crippen molar-refractivity contribution in [3.63, 3.8) is 0 Å². The number of anilines is 1. The van der Waals surface area contributed by atoms with Gasteiger partial charge in [0.25, 0.3) is 5.91 Å². The van der Waals surface area contributed by atoms with E-state index in [1.54, 1.807) is 30.2 Å². The summed E-state index contributed by atoms with van der Waals surface area (Å²) >= 11 is 0. The van der Waals surface area contributed by atoms with Crippen LogP contribution in [-0.2, 0) is 16.4 Å². The van der Waals surface area contributed by atoms with Gasteiger partial charge in [0.2, 0.25) is 0 Å². The summed E-state index contributed by atoms with van der Waals surface area (Å²) in [5, 5.41) is 3.36. The topological polar surface area (TPSA) is 84.9 Å². The van der Waals surface area contributed by atoms with Gasteiger partial charge >= 0.3 is 0 Å². The van der Waals surface area contributed by atoms with Crippen molar-refractivity contribution >= 4 is 21.4 Å². The molecule has 0 fully saturated rings. The largest absolute Gasteiger partial charge is 0.493 e. The summed E-state index contributed by atoms with van der Waals surface area (Å²) in [4.78, 5) is 15.2. The minimum Gasteiger partial charge on any atom is -0.493 e. The van der Waals surface area contributed by atoms with Crippen LogP contribution in [0.25, 0.3) is 0 Å². The summed E-state index contributed by atoms with van der Waals surface area (Å²) in [5.41, 5.74) is 2.98. The van der Waals surface area contributed by atoms with Crippen LogP contribution in [0.4, 0.5) is 5.69 Å². The Morgan fingerprint density at radius 3 is 2.53 bits per heavy atom. The molecule has 32 heavy (non-hydrogen) atoms. The van der Waals surface area contributed by atoms with Crippen molar-refractivity contribution in [3.05, 3.63) is 53.1 Å². The highest BCUT2D eigenvalue weighted by Crippen LogP contribution is 2.38. The number of amides is 1. The van der Waals surface area contributed by atoms with Crippen LogP contribution in [0.2, 0.25) is 0 Å². The minimum atomic E-state index is -3.37. The van der Waals surface area contributed by atoms with Crippen LogP contribution >= 0.6 is 0 Å². The van der Waals surface area contributed by atoms with Gasteiger partial charge in [-0.05, 0) is 42.2 Å². The molecule has 1 amide bonds. The first-order valence-electron chi connectivity index (χ1n) is 10.8. The smallest absolute Gasteiger partial charge is 0.257 e. The molecule has 0 aliphatic carbocycles. The number of nitrogens with one attached hydrogen (secondary N) is 1. The molecule has 8 heteroatoms. The molecule has 1 N–H and O–H groups in total. The Kier molecular flexibility index (Phi) is 7.33. The molecule has 0 bridgehead atoms. The second-order valence-corrected chi connectivity index (χ2v) is 10.7. The number of carbonyl (C=O) groups is 1. The Hall–Kier alpha value is -2.74. The molecule has 0 spiro atoms. The quantitative estimate of drug-likeness (QED) is 0.579. The Morgan fingerprint density at radius 2 is 1.91 bits per heavy atom. The van der Waals surface area contributed by atoms with E-state index in [2.05, 4.69) is 19.2 Å². The lowest BCUT2D eigenvalue weighted by atomic mass is 10.1. The van der Waals surface area contributed by atoms with Crippen molar-refractivity contribution in [2.75, 3.05) is 37.6 Å². The van der Waals surface area contributed by atoms with Crippen molar-refractivity contribution in [1.29, 1.82) is 0 Å². The summed E-state index contributed by atoms with van der Waals surface area (Å²) in [6, 6.07) is 10.4. The van der Waals surface area contributed by atoms with Crippen LogP contribution in [0.3, 0.4) is 0 Å². The monoisotopic (exact) mass is 460 g/mol. The normalized spacial score (nSPS) is 14.4.